The van der Waals surface area contributed by atoms with Crippen LogP contribution in [0.15, 0.2) is 83.8 Å². The molecule has 0 saturated heterocycles. The molecule has 1 N–H and O–H groups in total. The maximum atomic E-state index is 13.9. The van der Waals surface area contributed by atoms with Crippen LogP contribution in [0, 0.1) is 13.8 Å². The Balaban J connectivity index is 1.97. The third-order valence-electron chi connectivity index (χ3n) is 6.40. The zero-order valence-corrected chi connectivity index (χ0v) is 23.4. The van der Waals surface area contributed by atoms with Gasteiger partial charge in [-0.15, -0.1) is 0 Å². The fourth-order valence-electron chi connectivity index (χ4n) is 3.97. The van der Waals surface area contributed by atoms with Gasteiger partial charge in [0, 0.05) is 13.1 Å². The molecular formula is C30H37N3O4S. The first-order valence-corrected chi connectivity index (χ1v) is 14.3. The minimum absolute atomic E-state index is 0.0869. The quantitative estimate of drug-likeness (QED) is 0.337. The molecule has 8 heteroatoms. The van der Waals surface area contributed by atoms with E-state index in [1.54, 1.807) is 49.4 Å². The summed E-state index contributed by atoms with van der Waals surface area (Å²) in [7, 11) is -4.05. The van der Waals surface area contributed by atoms with E-state index in [-0.39, 0.29) is 17.3 Å². The Kier molecular flexibility index (Phi) is 10.1. The Bertz CT molecular complexity index is 1310. The largest absolute Gasteiger partial charge is 0.354 e. The van der Waals surface area contributed by atoms with Crippen LogP contribution in [-0.4, -0.2) is 44.3 Å². The van der Waals surface area contributed by atoms with Crippen LogP contribution in [0.2, 0.25) is 0 Å². The molecule has 0 fully saturated rings. The molecule has 1 atom stereocenters. The van der Waals surface area contributed by atoms with E-state index < -0.39 is 28.5 Å². The Morgan fingerprint density at radius 3 is 2.03 bits per heavy atom. The van der Waals surface area contributed by atoms with Crippen LogP contribution < -0.4 is 9.62 Å². The van der Waals surface area contributed by atoms with Crippen LogP contribution in [0.1, 0.15) is 43.4 Å². The van der Waals surface area contributed by atoms with Gasteiger partial charge in [0.2, 0.25) is 11.8 Å². The van der Waals surface area contributed by atoms with E-state index in [1.165, 1.54) is 17.0 Å². The molecule has 0 aliphatic rings. The number of rotatable bonds is 12. The van der Waals surface area contributed by atoms with Gasteiger partial charge in [0.05, 0.1) is 10.6 Å². The third-order valence-corrected chi connectivity index (χ3v) is 8.19. The van der Waals surface area contributed by atoms with Crippen LogP contribution in [0.3, 0.4) is 0 Å². The van der Waals surface area contributed by atoms with E-state index in [2.05, 4.69) is 5.32 Å². The van der Waals surface area contributed by atoms with E-state index >= 15 is 0 Å². The van der Waals surface area contributed by atoms with Crippen molar-refractivity contribution in [1.82, 2.24) is 10.2 Å². The molecule has 0 radical (unpaired) electrons. The molecule has 3 rings (SSSR count). The summed E-state index contributed by atoms with van der Waals surface area (Å²) >= 11 is 0. The summed E-state index contributed by atoms with van der Waals surface area (Å²) in [4.78, 5) is 28.4. The van der Waals surface area contributed by atoms with Crippen molar-refractivity contribution in [1.29, 1.82) is 0 Å². The molecule has 0 aromatic heterocycles. The maximum Gasteiger partial charge on any atom is 0.264 e. The van der Waals surface area contributed by atoms with Crippen LogP contribution in [0.4, 0.5) is 5.69 Å². The SMILES string of the molecule is CCCCNC(=O)[C@H](C)N(Cc1ccc(C)cc1)C(=O)CN(c1ccc(C)cc1)S(=O)(=O)c1ccccc1. The normalized spacial score (nSPS) is 12.0. The number of carbonyl (C=O) groups excluding carboxylic acids is 2. The lowest BCUT2D eigenvalue weighted by atomic mass is 10.1. The predicted molar refractivity (Wildman–Crippen MR) is 151 cm³/mol. The molecule has 0 heterocycles. The van der Waals surface area contributed by atoms with Gasteiger partial charge in [0.15, 0.2) is 0 Å². The summed E-state index contributed by atoms with van der Waals surface area (Å²) in [6.45, 7) is 7.85. The zero-order chi connectivity index (χ0) is 27.7. The third kappa shape index (κ3) is 7.44. The summed E-state index contributed by atoms with van der Waals surface area (Å²) in [6, 6.07) is 22.0. The molecule has 0 unspecified atom stereocenters. The smallest absolute Gasteiger partial charge is 0.264 e. The monoisotopic (exact) mass is 535 g/mol. The highest BCUT2D eigenvalue weighted by molar-refractivity contribution is 7.92. The highest BCUT2D eigenvalue weighted by atomic mass is 32.2. The Morgan fingerprint density at radius 1 is 0.868 bits per heavy atom. The first-order valence-electron chi connectivity index (χ1n) is 12.9. The average Bonchev–Trinajstić information content (AvgIpc) is 2.92. The van der Waals surface area contributed by atoms with E-state index in [4.69, 9.17) is 0 Å². The van der Waals surface area contributed by atoms with Crippen LogP contribution >= 0.6 is 0 Å². The van der Waals surface area contributed by atoms with Crippen molar-refractivity contribution in [2.75, 3.05) is 17.4 Å². The predicted octanol–water partition coefficient (Wildman–Crippen LogP) is 4.83. The first-order chi connectivity index (χ1) is 18.1. The second kappa shape index (κ2) is 13.2. The topological polar surface area (TPSA) is 86.8 Å². The Labute approximate surface area is 226 Å². The number of hydrogen-bond donors (Lipinski definition) is 1. The molecule has 0 aliphatic heterocycles. The molecule has 0 aliphatic carbocycles. The molecule has 3 aromatic carbocycles. The molecule has 38 heavy (non-hydrogen) atoms. The molecular weight excluding hydrogens is 498 g/mol. The standard InChI is InChI=1S/C30H37N3O4S/c1-5-6-20-31-30(35)25(4)32(21-26-16-12-23(2)13-17-26)29(34)22-33(27-18-14-24(3)15-19-27)38(36,37)28-10-8-7-9-11-28/h7-19,25H,5-6,20-22H2,1-4H3,(H,31,35)/t25-/m0/s1. The van der Waals surface area contributed by atoms with Crippen LogP contribution in [0.25, 0.3) is 0 Å². The number of amides is 2. The van der Waals surface area contributed by atoms with Gasteiger partial charge in [-0.1, -0.05) is 79.1 Å². The number of benzene rings is 3. The summed E-state index contributed by atoms with van der Waals surface area (Å²) < 4.78 is 28.6. The molecule has 0 bridgehead atoms. The van der Waals surface area contributed by atoms with Crippen molar-refractivity contribution < 1.29 is 18.0 Å². The molecule has 7 nitrogen and oxygen atoms in total. The number of nitrogens with one attached hydrogen (secondary N) is 1. The minimum Gasteiger partial charge on any atom is -0.354 e. The van der Waals surface area contributed by atoms with E-state index in [0.29, 0.717) is 12.2 Å². The molecule has 202 valence electrons. The van der Waals surface area contributed by atoms with Crippen molar-refractivity contribution in [3.05, 3.63) is 95.6 Å². The summed E-state index contributed by atoms with van der Waals surface area (Å²) in [5, 5.41) is 2.90. The van der Waals surface area contributed by atoms with E-state index in [0.717, 1.165) is 33.8 Å². The highest BCUT2D eigenvalue weighted by Gasteiger charge is 2.32. The van der Waals surface area contributed by atoms with Crippen molar-refractivity contribution in [2.24, 2.45) is 0 Å². The van der Waals surface area contributed by atoms with Gasteiger partial charge < -0.3 is 10.2 Å². The number of nitrogens with zero attached hydrogens (tertiary/aromatic N) is 2. The van der Waals surface area contributed by atoms with Crippen molar-refractivity contribution in [2.45, 2.75) is 58.0 Å². The second-order valence-electron chi connectivity index (χ2n) is 9.49. The van der Waals surface area contributed by atoms with Gasteiger partial charge in [0.1, 0.15) is 12.6 Å². The Hall–Kier alpha value is -3.65. The molecule has 0 spiro atoms. The molecule has 2 amide bonds. The van der Waals surface area contributed by atoms with E-state index in [1.807, 2.05) is 45.0 Å². The lowest BCUT2D eigenvalue weighted by Crippen LogP contribution is -2.51. The summed E-state index contributed by atoms with van der Waals surface area (Å²) in [5.74, 6) is -0.740. The van der Waals surface area contributed by atoms with Gasteiger partial charge >= 0.3 is 0 Å². The summed E-state index contributed by atoms with van der Waals surface area (Å²) in [5.41, 5.74) is 3.28. The first kappa shape index (κ1) is 28.9. The van der Waals surface area contributed by atoms with Gasteiger partial charge in [0.25, 0.3) is 10.0 Å². The van der Waals surface area contributed by atoms with Crippen molar-refractivity contribution in [3.8, 4) is 0 Å². The fraction of sp³-hybridized carbons (Fsp3) is 0.333. The molecule has 0 saturated carbocycles. The number of unbranched alkanes of at least 4 members (excludes halogenated alkanes) is 1. The lowest BCUT2D eigenvalue weighted by Gasteiger charge is -2.32. The van der Waals surface area contributed by atoms with E-state index in [9.17, 15) is 18.0 Å². The van der Waals surface area contributed by atoms with Gasteiger partial charge in [-0.25, -0.2) is 8.42 Å². The maximum absolute atomic E-state index is 13.9. The van der Waals surface area contributed by atoms with Gasteiger partial charge in [-0.05, 0) is 57.0 Å². The number of hydrogen-bond acceptors (Lipinski definition) is 4. The lowest BCUT2D eigenvalue weighted by molar-refractivity contribution is -0.139. The number of anilines is 1. The average molecular weight is 536 g/mol. The number of aryl methyl sites for hydroxylation is 2. The summed E-state index contributed by atoms with van der Waals surface area (Å²) in [6.07, 6.45) is 1.77. The van der Waals surface area contributed by atoms with Crippen molar-refractivity contribution in [3.63, 3.8) is 0 Å². The fourth-order valence-corrected chi connectivity index (χ4v) is 5.40. The van der Waals surface area contributed by atoms with Gasteiger partial charge in [-0.3, -0.25) is 13.9 Å². The number of sulfonamides is 1. The second-order valence-corrected chi connectivity index (χ2v) is 11.4. The van der Waals surface area contributed by atoms with Crippen LogP contribution in [0.5, 0.6) is 0 Å². The van der Waals surface area contributed by atoms with Crippen LogP contribution in [-0.2, 0) is 26.2 Å². The zero-order valence-electron chi connectivity index (χ0n) is 22.6. The highest BCUT2D eigenvalue weighted by Crippen LogP contribution is 2.25. The molecule has 3 aromatic rings. The van der Waals surface area contributed by atoms with Crippen molar-refractivity contribution >= 4 is 27.5 Å². The van der Waals surface area contributed by atoms with Gasteiger partial charge in [-0.2, -0.15) is 0 Å². The number of carbonyl (C=O) groups is 2. The minimum atomic E-state index is -4.05. The Morgan fingerprint density at radius 2 is 1.45 bits per heavy atom.